The summed E-state index contributed by atoms with van der Waals surface area (Å²) in [5.74, 6) is 0. The second-order valence-electron chi connectivity index (χ2n) is 6.52. The lowest BCUT2D eigenvalue weighted by molar-refractivity contribution is 0.0118. The molecular formula is C18H19ClN4O2S. The van der Waals surface area contributed by atoms with Crippen molar-refractivity contribution in [3.8, 4) is 0 Å². The lowest BCUT2D eigenvalue weighted by Gasteiger charge is -2.38. The summed E-state index contributed by atoms with van der Waals surface area (Å²) in [5, 5.41) is 16.8. The topological polar surface area (TPSA) is 70.7 Å². The molecule has 0 radical (unpaired) electrons. The molecule has 6 nitrogen and oxygen atoms in total. The van der Waals surface area contributed by atoms with Crippen molar-refractivity contribution in [3.05, 3.63) is 57.0 Å². The number of hydrogen-bond donors (Lipinski definition) is 1. The van der Waals surface area contributed by atoms with Gasteiger partial charge < -0.3 is 10.0 Å². The van der Waals surface area contributed by atoms with E-state index in [4.69, 9.17) is 11.6 Å². The maximum atomic E-state index is 12.2. The Morgan fingerprint density at radius 1 is 1.31 bits per heavy atom. The van der Waals surface area contributed by atoms with E-state index in [9.17, 15) is 9.90 Å². The van der Waals surface area contributed by atoms with E-state index in [2.05, 4.69) is 15.0 Å². The Morgan fingerprint density at radius 3 is 2.73 bits per heavy atom. The Bertz CT molecular complexity index is 1010. The van der Waals surface area contributed by atoms with Crippen molar-refractivity contribution in [2.75, 3.05) is 18.0 Å². The maximum Gasteiger partial charge on any atom is 0.275 e. The normalized spacial score (nSPS) is 17.0. The lowest BCUT2D eigenvalue weighted by atomic mass is 9.84. The molecule has 0 bridgehead atoms. The maximum absolute atomic E-state index is 12.2. The second-order valence-corrected chi connectivity index (χ2v) is 7.86. The molecule has 4 rings (SSSR count). The third-order valence-electron chi connectivity index (χ3n) is 4.89. The number of aromatic nitrogens is 3. The van der Waals surface area contributed by atoms with Crippen molar-refractivity contribution >= 4 is 33.0 Å². The molecule has 0 aliphatic carbocycles. The Labute approximate surface area is 159 Å². The van der Waals surface area contributed by atoms with Crippen LogP contribution in [0.25, 0.3) is 4.96 Å². The van der Waals surface area contributed by atoms with Crippen LogP contribution in [-0.4, -0.2) is 32.8 Å². The van der Waals surface area contributed by atoms with Crippen molar-refractivity contribution in [2.45, 2.75) is 31.8 Å². The molecule has 0 amide bonds. The number of aryl methyl sites for hydroxylation is 1. The fourth-order valence-electron chi connectivity index (χ4n) is 3.33. The van der Waals surface area contributed by atoms with E-state index in [1.807, 2.05) is 25.1 Å². The van der Waals surface area contributed by atoms with Crippen LogP contribution in [0.4, 0.5) is 5.13 Å². The highest BCUT2D eigenvalue weighted by molar-refractivity contribution is 7.20. The summed E-state index contributed by atoms with van der Waals surface area (Å²) in [6.45, 7) is 3.24. The number of halogens is 1. The third kappa shape index (κ3) is 3.00. The van der Waals surface area contributed by atoms with Crippen molar-refractivity contribution in [1.82, 2.24) is 14.6 Å². The van der Waals surface area contributed by atoms with Crippen LogP contribution in [0.15, 0.2) is 35.1 Å². The zero-order valence-corrected chi connectivity index (χ0v) is 15.9. The predicted octanol–water partition coefficient (Wildman–Crippen LogP) is 2.85. The number of benzene rings is 1. The number of anilines is 1. The molecule has 26 heavy (non-hydrogen) atoms. The number of piperidine rings is 1. The summed E-state index contributed by atoms with van der Waals surface area (Å²) in [7, 11) is 0. The molecule has 136 valence electrons. The van der Waals surface area contributed by atoms with E-state index >= 15 is 0 Å². The Morgan fingerprint density at radius 2 is 2.04 bits per heavy atom. The lowest BCUT2D eigenvalue weighted by Crippen LogP contribution is -2.42. The highest BCUT2D eigenvalue weighted by Gasteiger charge is 2.36. The van der Waals surface area contributed by atoms with Gasteiger partial charge in [0.1, 0.15) is 0 Å². The second kappa shape index (κ2) is 6.64. The first kappa shape index (κ1) is 17.5. The molecule has 0 unspecified atom stereocenters. The quantitative estimate of drug-likeness (QED) is 0.744. The molecule has 0 atom stereocenters. The molecular weight excluding hydrogens is 372 g/mol. The van der Waals surface area contributed by atoms with Crippen LogP contribution in [0.5, 0.6) is 0 Å². The van der Waals surface area contributed by atoms with Crippen LogP contribution in [0.3, 0.4) is 0 Å². The number of nitrogens with zero attached hydrogens (tertiary/aromatic N) is 4. The Hall–Kier alpha value is -1.96. The van der Waals surface area contributed by atoms with Gasteiger partial charge in [0.15, 0.2) is 0 Å². The van der Waals surface area contributed by atoms with Crippen LogP contribution in [0.2, 0.25) is 5.02 Å². The van der Waals surface area contributed by atoms with Gasteiger partial charge in [0.05, 0.1) is 5.60 Å². The van der Waals surface area contributed by atoms with Gasteiger partial charge in [0.25, 0.3) is 5.56 Å². The molecule has 8 heteroatoms. The summed E-state index contributed by atoms with van der Waals surface area (Å²) in [5.41, 5.74) is 0.461. The summed E-state index contributed by atoms with van der Waals surface area (Å²) in [6, 6.07) is 8.97. The van der Waals surface area contributed by atoms with Gasteiger partial charge in [-0.3, -0.25) is 4.79 Å². The van der Waals surface area contributed by atoms with E-state index in [1.54, 1.807) is 6.07 Å². The van der Waals surface area contributed by atoms with Crippen molar-refractivity contribution < 1.29 is 5.11 Å². The van der Waals surface area contributed by atoms with E-state index < -0.39 is 5.60 Å². The minimum atomic E-state index is -0.935. The molecule has 1 aliphatic heterocycles. The molecule has 1 N–H and O–H groups in total. The number of fused-ring (bicyclic) bond motifs is 1. The molecule has 1 aliphatic rings. The number of rotatable bonds is 3. The highest BCUT2D eigenvalue weighted by Crippen LogP contribution is 2.38. The molecule has 0 saturated carbocycles. The molecule has 2 aromatic heterocycles. The largest absolute Gasteiger partial charge is 0.385 e. The smallest absolute Gasteiger partial charge is 0.275 e. The summed E-state index contributed by atoms with van der Waals surface area (Å²) < 4.78 is 1.36. The summed E-state index contributed by atoms with van der Waals surface area (Å²) >= 11 is 7.68. The third-order valence-corrected chi connectivity index (χ3v) is 6.18. The average Bonchev–Trinajstić information content (AvgIpc) is 3.07. The van der Waals surface area contributed by atoms with Gasteiger partial charge in [-0.25, -0.2) is 4.98 Å². The van der Waals surface area contributed by atoms with Gasteiger partial charge >= 0.3 is 0 Å². The molecule has 3 heterocycles. The van der Waals surface area contributed by atoms with Crippen LogP contribution in [-0.2, 0) is 12.0 Å². The molecule has 3 aromatic rings. The Balaban J connectivity index is 1.58. The van der Waals surface area contributed by atoms with Crippen LogP contribution >= 0.6 is 22.9 Å². The summed E-state index contributed by atoms with van der Waals surface area (Å²) in [6.07, 6.45) is 1.82. The van der Waals surface area contributed by atoms with Gasteiger partial charge in [0, 0.05) is 35.4 Å². The first-order valence-corrected chi connectivity index (χ1v) is 9.82. The number of aliphatic hydroxyl groups is 1. The van der Waals surface area contributed by atoms with E-state index in [1.165, 1.54) is 21.9 Å². The average molecular weight is 391 g/mol. The van der Waals surface area contributed by atoms with Crippen LogP contribution in [0.1, 0.15) is 31.0 Å². The highest BCUT2D eigenvalue weighted by atomic mass is 35.5. The first-order valence-electron chi connectivity index (χ1n) is 8.62. The minimum Gasteiger partial charge on any atom is -0.385 e. The van der Waals surface area contributed by atoms with Gasteiger partial charge in [-0.2, -0.15) is 4.52 Å². The fraction of sp³-hybridized carbons (Fsp3) is 0.389. The van der Waals surface area contributed by atoms with E-state index in [0.29, 0.717) is 42.3 Å². The zero-order valence-electron chi connectivity index (χ0n) is 14.4. The molecule has 1 fully saturated rings. The summed E-state index contributed by atoms with van der Waals surface area (Å²) in [4.78, 5) is 19.4. The standard InChI is InChI=1S/C18H19ClN4O2S/c1-2-12-11-15(24)23-16(20-12)26-17(21-23)22-9-7-18(25,8-10-22)13-5-3-4-6-14(13)19/h3-6,11,25H,2,7-10H2,1H3. The first-order chi connectivity index (χ1) is 12.5. The van der Waals surface area contributed by atoms with Crippen molar-refractivity contribution in [2.24, 2.45) is 0 Å². The van der Waals surface area contributed by atoms with Gasteiger partial charge in [0.2, 0.25) is 10.1 Å². The van der Waals surface area contributed by atoms with Crippen molar-refractivity contribution in [3.63, 3.8) is 0 Å². The SMILES string of the molecule is CCc1cc(=O)n2nc(N3CCC(O)(c4ccccc4Cl)CC3)sc2n1. The van der Waals surface area contributed by atoms with E-state index in [0.717, 1.165) is 16.4 Å². The van der Waals surface area contributed by atoms with Gasteiger partial charge in [-0.1, -0.05) is 48.1 Å². The van der Waals surface area contributed by atoms with Gasteiger partial charge in [-0.05, 0) is 25.3 Å². The molecule has 0 spiro atoms. The number of hydrogen-bond acceptors (Lipinski definition) is 6. The minimum absolute atomic E-state index is 0.154. The predicted molar refractivity (Wildman–Crippen MR) is 103 cm³/mol. The fourth-order valence-corrected chi connectivity index (χ4v) is 4.62. The van der Waals surface area contributed by atoms with Crippen LogP contribution in [0, 0.1) is 0 Å². The molecule has 1 aromatic carbocycles. The monoisotopic (exact) mass is 390 g/mol. The Kier molecular flexibility index (Phi) is 4.46. The van der Waals surface area contributed by atoms with Gasteiger partial charge in [-0.15, -0.1) is 5.10 Å². The van der Waals surface area contributed by atoms with Crippen LogP contribution < -0.4 is 10.5 Å². The van der Waals surface area contributed by atoms with Crippen molar-refractivity contribution in [1.29, 1.82) is 0 Å². The van der Waals surface area contributed by atoms with E-state index in [-0.39, 0.29) is 5.56 Å². The molecule has 1 saturated heterocycles. The zero-order chi connectivity index (χ0) is 18.3.